The number of aliphatic hydroxyl groups excluding tert-OH is 1. The van der Waals surface area contributed by atoms with Gasteiger partial charge >= 0.3 is 6.36 Å². The van der Waals surface area contributed by atoms with Crippen molar-refractivity contribution >= 4 is 11.6 Å². The van der Waals surface area contributed by atoms with Gasteiger partial charge in [0.1, 0.15) is 11.6 Å². The van der Waals surface area contributed by atoms with Gasteiger partial charge in [0, 0.05) is 24.2 Å². The van der Waals surface area contributed by atoms with Crippen LogP contribution in [0.15, 0.2) is 42.5 Å². The molecule has 9 heteroatoms. The van der Waals surface area contributed by atoms with Gasteiger partial charge < -0.3 is 20.1 Å². The maximum Gasteiger partial charge on any atom is 0.573 e. The van der Waals surface area contributed by atoms with Crippen LogP contribution in [0.2, 0.25) is 0 Å². The predicted molar refractivity (Wildman–Crippen MR) is 98.3 cm³/mol. The molecule has 1 atom stereocenters. The maximum absolute atomic E-state index is 14.4. The number of hydrogen-bond acceptors (Lipinski definition) is 4. The molecule has 0 bridgehead atoms. The zero-order chi connectivity index (χ0) is 21.0. The van der Waals surface area contributed by atoms with Gasteiger partial charge in [-0.1, -0.05) is 18.2 Å². The van der Waals surface area contributed by atoms with Crippen molar-refractivity contribution in [2.75, 3.05) is 24.6 Å². The first-order chi connectivity index (χ1) is 13.8. The molecule has 5 nitrogen and oxygen atoms in total. The molecule has 1 fully saturated rings. The summed E-state index contributed by atoms with van der Waals surface area (Å²) in [7, 11) is 0. The van der Waals surface area contributed by atoms with Crippen molar-refractivity contribution in [1.82, 2.24) is 5.32 Å². The molecule has 0 aromatic heterocycles. The van der Waals surface area contributed by atoms with Crippen LogP contribution in [0.5, 0.6) is 5.75 Å². The predicted octanol–water partition coefficient (Wildman–Crippen LogP) is 3.79. The number of alkyl halides is 3. The number of halogens is 4. The quantitative estimate of drug-likeness (QED) is 0.709. The Morgan fingerprint density at radius 3 is 2.48 bits per heavy atom. The molecule has 0 aliphatic carbocycles. The van der Waals surface area contributed by atoms with E-state index in [0.29, 0.717) is 5.69 Å². The second-order valence-corrected chi connectivity index (χ2v) is 6.65. The van der Waals surface area contributed by atoms with Crippen LogP contribution in [0.1, 0.15) is 34.8 Å². The average Bonchev–Trinajstić information content (AvgIpc) is 3.19. The van der Waals surface area contributed by atoms with Crippen molar-refractivity contribution in [2.45, 2.75) is 25.2 Å². The lowest BCUT2D eigenvalue weighted by Gasteiger charge is -2.21. The molecule has 1 heterocycles. The van der Waals surface area contributed by atoms with Crippen molar-refractivity contribution in [2.24, 2.45) is 0 Å². The number of anilines is 1. The highest BCUT2D eigenvalue weighted by atomic mass is 19.4. The summed E-state index contributed by atoms with van der Waals surface area (Å²) in [5.74, 6) is -1.81. The molecule has 1 aliphatic heterocycles. The molecule has 2 aromatic rings. The molecule has 0 spiro atoms. The molecule has 156 valence electrons. The molecule has 0 radical (unpaired) electrons. The Labute approximate surface area is 164 Å². The SMILES string of the molecule is O=C(N[C@@H](CO)c1ccccc1OC(F)(F)F)c1ccc(N2CCCC2)c(F)c1. The zero-order valence-electron chi connectivity index (χ0n) is 15.4. The van der Waals surface area contributed by atoms with Crippen LogP contribution in [0.25, 0.3) is 0 Å². The monoisotopic (exact) mass is 412 g/mol. The normalized spacial score (nSPS) is 15.3. The van der Waals surface area contributed by atoms with Gasteiger partial charge in [-0.2, -0.15) is 0 Å². The lowest BCUT2D eigenvalue weighted by Crippen LogP contribution is -2.32. The molecule has 0 unspecified atom stereocenters. The third-order valence-electron chi connectivity index (χ3n) is 4.66. The first kappa shape index (κ1) is 20.9. The lowest BCUT2D eigenvalue weighted by molar-refractivity contribution is -0.275. The molecule has 1 amide bonds. The fourth-order valence-electron chi connectivity index (χ4n) is 3.31. The number of hydrogen-bond donors (Lipinski definition) is 2. The highest BCUT2D eigenvalue weighted by Crippen LogP contribution is 2.30. The lowest BCUT2D eigenvalue weighted by atomic mass is 10.1. The van der Waals surface area contributed by atoms with Crippen LogP contribution < -0.4 is 15.0 Å². The number of nitrogens with zero attached hydrogens (tertiary/aromatic N) is 1. The Morgan fingerprint density at radius 1 is 1.17 bits per heavy atom. The van der Waals surface area contributed by atoms with Crippen molar-refractivity contribution in [3.05, 3.63) is 59.4 Å². The summed E-state index contributed by atoms with van der Waals surface area (Å²) in [4.78, 5) is 14.4. The summed E-state index contributed by atoms with van der Waals surface area (Å²) in [5.41, 5.74) is 0.356. The summed E-state index contributed by atoms with van der Waals surface area (Å²) < 4.78 is 56.2. The maximum atomic E-state index is 14.4. The van der Waals surface area contributed by atoms with Crippen LogP contribution in [-0.2, 0) is 0 Å². The minimum atomic E-state index is -4.92. The summed E-state index contributed by atoms with van der Waals surface area (Å²) in [6.45, 7) is 0.814. The summed E-state index contributed by atoms with van der Waals surface area (Å²) >= 11 is 0. The summed E-state index contributed by atoms with van der Waals surface area (Å²) in [6.07, 6.45) is -2.98. The largest absolute Gasteiger partial charge is 0.573 e. The first-order valence-corrected chi connectivity index (χ1v) is 9.09. The zero-order valence-corrected chi connectivity index (χ0v) is 15.4. The third kappa shape index (κ3) is 5.17. The van der Waals surface area contributed by atoms with E-state index in [1.807, 2.05) is 4.90 Å². The fraction of sp³-hybridized carbons (Fsp3) is 0.350. The Morgan fingerprint density at radius 2 is 1.86 bits per heavy atom. The van der Waals surface area contributed by atoms with E-state index in [1.54, 1.807) is 0 Å². The number of para-hydroxylation sites is 1. The van der Waals surface area contributed by atoms with Gasteiger partial charge in [-0.05, 0) is 37.1 Å². The van der Waals surface area contributed by atoms with Crippen LogP contribution in [0.4, 0.5) is 23.2 Å². The minimum absolute atomic E-state index is 0.00174. The number of ether oxygens (including phenoxy) is 1. The topological polar surface area (TPSA) is 61.8 Å². The van der Waals surface area contributed by atoms with Crippen molar-refractivity contribution in [1.29, 1.82) is 0 Å². The Kier molecular flexibility index (Phi) is 6.26. The van der Waals surface area contributed by atoms with Gasteiger partial charge in [-0.15, -0.1) is 13.2 Å². The van der Waals surface area contributed by atoms with Gasteiger partial charge in [-0.25, -0.2) is 4.39 Å². The Bertz CT molecular complexity index is 867. The first-order valence-electron chi connectivity index (χ1n) is 9.09. The summed E-state index contributed by atoms with van der Waals surface area (Å²) in [5, 5.41) is 12.0. The number of aliphatic hydroxyl groups is 1. The van der Waals surface area contributed by atoms with E-state index in [9.17, 15) is 27.5 Å². The Balaban J connectivity index is 1.78. The molecule has 1 saturated heterocycles. The Hall–Kier alpha value is -2.81. The molecule has 2 N–H and O–H groups in total. The minimum Gasteiger partial charge on any atom is -0.405 e. The molecule has 0 saturated carbocycles. The van der Waals surface area contributed by atoms with Gasteiger partial charge in [-0.3, -0.25) is 4.79 Å². The van der Waals surface area contributed by atoms with Crippen molar-refractivity contribution in [3.8, 4) is 5.75 Å². The number of carbonyl (C=O) groups is 1. The molecule has 1 aliphatic rings. The number of rotatable bonds is 6. The van der Waals surface area contributed by atoms with E-state index in [4.69, 9.17) is 0 Å². The van der Waals surface area contributed by atoms with E-state index >= 15 is 0 Å². The molecular formula is C20H20F4N2O3. The standard InChI is InChI=1S/C20H20F4N2O3/c21-15-11-13(7-8-17(15)26-9-3-4-10-26)19(28)25-16(12-27)14-5-1-2-6-18(14)29-20(22,23)24/h1-2,5-8,11,16,27H,3-4,9-10,12H2,(H,25,28)/t16-/m0/s1. The molecule has 29 heavy (non-hydrogen) atoms. The highest BCUT2D eigenvalue weighted by Gasteiger charge is 2.33. The molecular weight excluding hydrogens is 392 g/mol. The van der Waals surface area contributed by atoms with E-state index < -0.39 is 36.5 Å². The van der Waals surface area contributed by atoms with Gasteiger partial charge in [0.05, 0.1) is 18.3 Å². The molecule has 2 aromatic carbocycles. The second kappa shape index (κ2) is 8.69. The third-order valence-corrected chi connectivity index (χ3v) is 4.66. The van der Waals surface area contributed by atoms with Crippen LogP contribution in [0, 0.1) is 5.82 Å². The van der Waals surface area contributed by atoms with E-state index in [-0.39, 0.29) is 11.1 Å². The van der Waals surface area contributed by atoms with Crippen LogP contribution in [-0.4, -0.2) is 37.1 Å². The molecule has 3 rings (SSSR count). The van der Waals surface area contributed by atoms with Gasteiger partial charge in [0.25, 0.3) is 5.91 Å². The second-order valence-electron chi connectivity index (χ2n) is 6.65. The van der Waals surface area contributed by atoms with Crippen LogP contribution >= 0.6 is 0 Å². The number of carbonyl (C=O) groups excluding carboxylic acids is 1. The van der Waals surface area contributed by atoms with Crippen LogP contribution in [0.3, 0.4) is 0 Å². The van der Waals surface area contributed by atoms with E-state index in [1.165, 1.54) is 30.3 Å². The van der Waals surface area contributed by atoms with Crippen molar-refractivity contribution in [3.63, 3.8) is 0 Å². The van der Waals surface area contributed by atoms with Gasteiger partial charge in [0.15, 0.2) is 0 Å². The number of benzene rings is 2. The van der Waals surface area contributed by atoms with E-state index in [2.05, 4.69) is 10.1 Å². The number of nitrogens with one attached hydrogen (secondary N) is 1. The average molecular weight is 412 g/mol. The smallest absolute Gasteiger partial charge is 0.405 e. The number of amides is 1. The highest BCUT2D eigenvalue weighted by molar-refractivity contribution is 5.95. The van der Waals surface area contributed by atoms with E-state index in [0.717, 1.165) is 38.1 Å². The fourth-order valence-corrected chi connectivity index (χ4v) is 3.31. The van der Waals surface area contributed by atoms with Crippen molar-refractivity contribution < 1.29 is 32.2 Å². The summed E-state index contributed by atoms with van der Waals surface area (Å²) in [6, 6.07) is 8.05. The van der Waals surface area contributed by atoms with Gasteiger partial charge in [0.2, 0.25) is 0 Å².